The van der Waals surface area contributed by atoms with Crippen molar-refractivity contribution in [2.24, 2.45) is 5.41 Å². The lowest BCUT2D eigenvalue weighted by Crippen LogP contribution is -2.38. The molecule has 3 aromatic rings. The molecule has 1 aromatic carbocycles. The Bertz CT molecular complexity index is 1100. The number of aromatic nitrogens is 1. The van der Waals surface area contributed by atoms with E-state index >= 15 is 0 Å². The third kappa shape index (κ3) is 4.80. The maximum absolute atomic E-state index is 14.2. The fraction of sp³-hybridized carbons (Fsp3) is 0.391. The molecule has 3 heterocycles. The van der Waals surface area contributed by atoms with E-state index in [0.29, 0.717) is 30.4 Å². The van der Waals surface area contributed by atoms with Gasteiger partial charge in [-0.3, -0.25) is 4.98 Å². The lowest BCUT2D eigenvalue weighted by atomic mass is 9.96. The van der Waals surface area contributed by atoms with Gasteiger partial charge in [-0.15, -0.1) is 16.4 Å². The van der Waals surface area contributed by atoms with Crippen LogP contribution in [0.5, 0.6) is 11.5 Å². The highest BCUT2D eigenvalue weighted by molar-refractivity contribution is 7.19. The number of fused-ring (bicyclic) bond motifs is 1. The van der Waals surface area contributed by atoms with Crippen LogP contribution in [0.1, 0.15) is 44.4 Å². The standard InChI is InChI=1S/C23H26FN3O3S/c1-23(2,3)22(28)30-27-10-7-14(8-11-27)20-13-17-21(31-20)19(6-9-26-17)29-18-5-4-15(25)12-16(18)24/h4-6,9,12-14H,7-8,10-11,25H2,1-3H3. The average molecular weight is 444 g/mol. The topological polar surface area (TPSA) is 77.7 Å². The number of piperidine rings is 1. The molecular formula is C23H26FN3O3S. The number of thiophene rings is 1. The lowest BCUT2D eigenvalue weighted by Gasteiger charge is -2.31. The molecule has 0 radical (unpaired) electrons. The van der Waals surface area contributed by atoms with E-state index in [2.05, 4.69) is 11.1 Å². The van der Waals surface area contributed by atoms with E-state index in [1.54, 1.807) is 34.7 Å². The molecule has 1 aliphatic heterocycles. The van der Waals surface area contributed by atoms with E-state index in [1.165, 1.54) is 17.0 Å². The van der Waals surface area contributed by atoms with Gasteiger partial charge in [0.15, 0.2) is 11.6 Å². The first-order valence-corrected chi connectivity index (χ1v) is 11.1. The number of carbonyl (C=O) groups is 1. The summed E-state index contributed by atoms with van der Waals surface area (Å²) < 4.78 is 20.9. The molecule has 8 heteroatoms. The molecule has 1 aliphatic rings. The van der Waals surface area contributed by atoms with E-state index in [0.717, 1.165) is 23.1 Å². The van der Waals surface area contributed by atoms with Crippen LogP contribution in [0.15, 0.2) is 36.5 Å². The zero-order valence-corrected chi connectivity index (χ0v) is 18.7. The van der Waals surface area contributed by atoms with Crippen LogP contribution in [0.2, 0.25) is 0 Å². The second-order valence-electron chi connectivity index (χ2n) is 8.80. The van der Waals surface area contributed by atoms with Gasteiger partial charge in [-0.25, -0.2) is 9.18 Å². The number of halogens is 1. The van der Waals surface area contributed by atoms with Gasteiger partial charge in [-0.1, -0.05) is 0 Å². The highest BCUT2D eigenvalue weighted by Gasteiger charge is 2.29. The molecule has 0 bridgehead atoms. The maximum atomic E-state index is 14.2. The number of hydrogen-bond donors (Lipinski definition) is 1. The Morgan fingerprint density at radius 3 is 2.61 bits per heavy atom. The first-order chi connectivity index (χ1) is 14.7. The summed E-state index contributed by atoms with van der Waals surface area (Å²) in [6, 6.07) is 8.20. The smallest absolute Gasteiger partial charge is 0.330 e. The van der Waals surface area contributed by atoms with Crippen molar-refractivity contribution in [2.45, 2.75) is 39.5 Å². The largest absolute Gasteiger partial charge is 0.453 e. The molecule has 2 N–H and O–H groups in total. The van der Waals surface area contributed by atoms with Crippen molar-refractivity contribution in [1.29, 1.82) is 0 Å². The van der Waals surface area contributed by atoms with Crippen LogP contribution in [0, 0.1) is 11.2 Å². The molecule has 4 rings (SSSR count). The Hall–Kier alpha value is -2.71. The third-order valence-electron chi connectivity index (χ3n) is 5.25. The predicted octanol–water partition coefficient (Wildman–Crippen LogP) is 5.49. The number of carbonyl (C=O) groups excluding carboxylic acids is 1. The van der Waals surface area contributed by atoms with E-state index in [9.17, 15) is 9.18 Å². The van der Waals surface area contributed by atoms with E-state index < -0.39 is 11.2 Å². The normalized spacial score (nSPS) is 15.9. The van der Waals surface area contributed by atoms with E-state index in [-0.39, 0.29) is 11.7 Å². The minimum absolute atomic E-state index is 0.130. The van der Waals surface area contributed by atoms with Gasteiger partial charge in [0.2, 0.25) is 0 Å². The van der Waals surface area contributed by atoms with Gasteiger partial charge < -0.3 is 15.3 Å². The number of rotatable bonds is 4. The van der Waals surface area contributed by atoms with Gasteiger partial charge in [-0.05, 0) is 57.7 Å². The number of benzene rings is 1. The van der Waals surface area contributed by atoms with Crippen LogP contribution in [0.3, 0.4) is 0 Å². The highest BCUT2D eigenvalue weighted by atomic mass is 32.1. The summed E-state index contributed by atoms with van der Waals surface area (Å²) in [4.78, 5) is 23.3. The van der Waals surface area contributed by atoms with Crippen molar-refractivity contribution in [3.63, 3.8) is 0 Å². The van der Waals surface area contributed by atoms with Crippen molar-refractivity contribution < 1.29 is 18.8 Å². The monoisotopic (exact) mass is 443 g/mol. The predicted molar refractivity (Wildman–Crippen MR) is 120 cm³/mol. The van der Waals surface area contributed by atoms with Crippen molar-refractivity contribution in [3.8, 4) is 11.5 Å². The first-order valence-electron chi connectivity index (χ1n) is 10.3. The third-order valence-corrected chi connectivity index (χ3v) is 6.55. The number of nitrogen functional groups attached to an aromatic ring is 1. The van der Waals surface area contributed by atoms with Gasteiger partial charge in [-0.2, -0.15) is 0 Å². The fourth-order valence-corrected chi connectivity index (χ4v) is 4.65. The average Bonchev–Trinajstić information content (AvgIpc) is 3.15. The zero-order valence-electron chi connectivity index (χ0n) is 17.9. The molecule has 0 spiro atoms. The van der Waals surface area contributed by atoms with Crippen molar-refractivity contribution in [2.75, 3.05) is 18.8 Å². The molecule has 0 unspecified atom stereocenters. The fourth-order valence-electron chi connectivity index (χ4n) is 3.42. The van der Waals surface area contributed by atoms with E-state index in [4.69, 9.17) is 15.3 Å². The SMILES string of the molecule is CC(C)(C)C(=O)ON1CCC(c2cc3nccc(Oc4ccc(N)cc4F)c3s2)CC1. The van der Waals surface area contributed by atoms with Gasteiger partial charge >= 0.3 is 5.97 Å². The quantitative estimate of drug-likeness (QED) is 0.537. The van der Waals surface area contributed by atoms with Gasteiger partial charge in [0.25, 0.3) is 0 Å². The zero-order chi connectivity index (χ0) is 22.2. The second-order valence-corrected chi connectivity index (χ2v) is 9.88. The Morgan fingerprint density at radius 2 is 1.94 bits per heavy atom. The Labute approximate surface area is 184 Å². The van der Waals surface area contributed by atoms with Crippen molar-refractivity contribution >= 4 is 33.2 Å². The molecule has 1 fully saturated rings. The molecular weight excluding hydrogens is 417 g/mol. The molecule has 0 atom stereocenters. The van der Waals surface area contributed by atoms with Crippen LogP contribution >= 0.6 is 11.3 Å². The maximum Gasteiger partial charge on any atom is 0.330 e. The summed E-state index contributed by atoms with van der Waals surface area (Å²) >= 11 is 1.62. The summed E-state index contributed by atoms with van der Waals surface area (Å²) in [5.74, 6) is 0.338. The number of hydrogen-bond acceptors (Lipinski definition) is 7. The molecule has 1 saturated heterocycles. The minimum atomic E-state index is -0.520. The van der Waals surface area contributed by atoms with Crippen molar-refractivity contribution in [3.05, 3.63) is 47.2 Å². The van der Waals surface area contributed by atoms with E-state index in [1.807, 2.05) is 20.8 Å². The Balaban J connectivity index is 1.48. The summed E-state index contributed by atoms with van der Waals surface area (Å²) in [5, 5.41) is 1.76. The molecule has 6 nitrogen and oxygen atoms in total. The summed E-state index contributed by atoms with van der Waals surface area (Å²) in [7, 11) is 0. The number of nitrogens with two attached hydrogens (primary N) is 1. The number of anilines is 1. The van der Waals surface area contributed by atoms with Crippen molar-refractivity contribution in [1.82, 2.24) is 10.0 Å². The first kappa shape index (κ1) is 21.5. The number of nitrogens with zero attached hydrogens (tertiary/aromatic N) is 2. The minimum Gasteiger partial charge on any atom is -0.453 e. The van der Waals surface area contributed by atoms with Crippen LogP contribution in [-0.2, 0) is 9.63 Å². The molecule has 0 saturated carbocycles. The number of pyridine rings is 1. The van der Waals surface area contributed by atoms with Crippen LogP contribution in [0.25, 0.3) is 10.2 Å². The second kappa shape index (κ2) is 8.43. The Kier molecular flexibility index (Phi) is 5.85. The molecule has 2 aromatic heterocycles. The molecule has 0 amide bonds. The van der Waals surface area contributed by atoms with Gasteiger partial charge in [0.1, 0.15) is 5.75 Å². The van der Waals surface area contributed by atoms with Gasteiger partial charge in [0.05, 0.1) is 15.6 Å². The summed E-state index contributed by atoms with van der Waals surface area (Å²) in [6.07, 6.45) is 3.43. The lowest BCUT2D eigenvalue weighted by molar-refractivity contribution is -0.204. The number of hydroxylamine groups is 2. The van der Waals surface area contributed by atoms with Crippen LogP contribution in [-0.4, -0.2) is 29.1 Å². The van der Waals surface area contributed by atoms with Crippen LogP contribution < -0.4 is 10.5 Å². The molecule has 164 valence electrons. The number of ether oxygens (including phenoxy) is 1. The molecule has 31 heavy (non-hydrogen) atoms. The van der Waals surface area contributed by atoms with Crippen LogP contribution in [0.4, 0.5) is 10.1 Å². The summed E-state index contributed by atoms with van der Waals surface area (Å²) in [5.41, 5.74) is 6.28. The Morgan fingerprint density at radius 1 is 1.19 bits per heavy atom. The van der Waals surface area contributed by atoms with Gasteiger partial charge in [0, 0.05) is 42.0 Å². The highest BCUT2D eigenvalue weighted by Crippen LogP contribution is 2.41. The molecule has 0 aliphatic carbocycles. The summed E-state index contributed by atoms with van der Waals surface area (Å²) in [6.45, 7) is 6.93.